The summed E-state index contributed by atoms with van der Waals surface area (Å²) in [4.78, 5) is 16.4. The van der Waals surface area contributed by atoms with Crippen LogP contribution >= 0.6 is 11.3 Å². The van der Waals surface area contributed by atoms with Gasteiger partial charge in [0, 0.05) is 0 Å². The van der Waals surface area contributed by atoms with Crippen molar-refractivity contribution in [3.8, 4) is 17.2 Å². The molecule has 0 saturated heterocycles. The van der Waals surface area contributed by atoms with E-state index in [0.717, 1.165) is 20.8 Å². The Morgan fingerprint density at radius 2 is 1.79 bits per heavy atom. The van der Waals surface area contributed by atoms with Crippen LogP contribution in [0.25, 0.3) is 22.4 Å². The first-order valence-corrected chi connectivity index (χ1v) is 9.74. The fraction of sp³-hybridized carbons (Fsp3) is 0.182. The minimum atomic E-state index is -0.331. The molecule has 2 aromatic carbocycles. The van der Waals surface area contributed by atoms with Gasteiger partial charge in [-0.25, -0.2) is 9.78 Å². The molecule has 0 bridgehead atoms. The molecule has 0 saturated carbocycles. The van der Waals surface area contributed by atoms with Gasteiger partial charge in [0.2, 0.25) is 5.75 Å². The maximum Gasteiger partial charge on any atom is 0.338 e. The fourth-order valence-corrected chi connectivity index (χ4v) is 3.59. The highest BCUT2D eigenvalue weighted by Crippen LogP contribution is 2.37. The van der Waals surface area contributed by atoms with Crippen molar-refractivity contribution >= 4 is 39.7 Å². The Morgan fingerprint density at radius 1 is 1.10 bits per heavy atom. The number of ether oxygens (including phenoxy) is 3. The summed E-state index contributed by atoms with van der Waals surface area (Å²) in [6.45, 7) is 2.13. The zero-order valence-electron chi connectivity index (χ0n) is 16.3. The van der Waals surface area contributed by atoms with E-state index in [-0.39, 0.29) is 11.7 Å². The van der Waals surface area contributed by atoms with Gasteiger partial charge in [0.1, 0.15) is 5.01 Å². The lowest BCUT2D eigenvalue weighted by atomic mass is 10.1. The molecule has 0 fully saturated rings. The van der Waals surface area contributed by atoms with Crippen molar-refractivity contribution in [3.05, 3.63) is 58.6 Å². The molecule has 3 aromatic rings. The van der Waals surface area contributed by atoms with E-state index < -0.39 is 0 Å². The second kappa shape index (κ2) is 9.25. The van der Waals surface area contributed by atoms with Crippen LogP contribution in [0.2, 0.25) is 0 Å². The summed E-state index contributed by atoms with van der Waals surface area (Å²) in [5.41, 5.74) is 2.18. The third-order valence-electron chi connectivity index (χ3n) is 4.06. The number of hydrogen-bond donors (Lipinski definition) is 1. The average molecular weight is 411 g/mol. The monoisotopic (exact) mass is 411 g/mol. The van der Waals surface area contributed by atoms with E-state index in [1.165, 1.54) is 25.6 Å². The molecule has 0 spiro atoms. The number of hydrogen-bond acceptors (Lipinski definition) is 7. The van der Waals surface area contributed by atoms with E-state index in [1.54, 1.807) is 31.2 Å². The molecule has 29 heavy (non-hydrogen) atoms. The molecule has 0 aliphatic rings. The summed E-state index contributed by atoms with van der Waals surface area (Å²) in [6.07, 6.45) is 7.49. The molecule has 0 unspecified atom stereocenters. The summed E-state index contributed by atoms with van der Waals surface area (Å²) < 4.78 is 16.3. The van der Waals surface area contributed by atoms with E-state index in [4.69, 9.17) is 14.2 Å². The number of benzene rings is 2. The van der Waals surface area contributed by atoms with Gasteiger partial charge in [0.25, 0.3) is 0 Å². The number of rotatable bonds is 7. The SMILES string of the molecule is CCOC(=O)c1ccc2nc(/C=C/C=C/c3cc(OC)c(O)c(OC)c3)sc2c1. The predicted octanol–water partition coefficient (Wildman–Crippen LogP) is 4.92. The third kappa shape index (κ3) is 4.75. The standard InChI is InChI=1S/C22H21NO5S/c1-4-28-22(25)15-9-10-16-19(13-15)29-20(23-16)8-6-5-7-14-11-17(26-2)21(24)18(12-14)27-3/h5-13,24H,4H2,1-3H3/b7-5+,8-6+. The molecule has 0 radical (unpaired) electrons. The molecular formula is C22H21NO5S. The first-order chi connectivity index (χ1) is 14.0. The number of phenols is 1. The smallest absolute Gasteiger partial charge is 0.338 e. The zero-order valence-corrected chi connectivity index (χ0v) is 17.2. The van der Waals surface area contributed by atoms with Crippen LogP contribution in [0, 0.1) is 0 Å². The number of carbonyl (C=O) groups is 1. The van der Waals surface area contributed by atoms with Crippen LogP contribution in [0.5, 0.6) is 17.2 Å². The van der Waals surface area contributed by atoms with Crippen LogP contribution in [0.1, 0.15) is 27.9 Å². The Bertz CT molecular complexity index is 1060. The lowest BCUT2D eigenvalue weighted by Gasteiger charge is -2.09. The minimum absolute atomic E-state index is 0.0284. The van der Waals surface area contributed by atoms with E-state index in [9.17, 15) is 9.90 Å². The molecule has 6 nitrogen and oxygen atoms in total. The highest BCUT2D eigenvalue weighted by atomic mass is 32.1. The summed E-state index contributed by atoms with van der Waals surface area (Å²) in [6, 6.07) is 8.78. The molecule has 0 aliphatic heterocycles. The quantitative estimate of drug-likeness (QED) is 0.439. The molecule has 0 aliphatic carbocycles. The Labute approximate surface area is 172 Å². The Morgan fingerprint density at radius 3 is 2.45 bits per heavy atom. The predicted molar refractivity (Wildman–Crippen MR) is 115 cm³/mol. The van der Waals surface area contributed by atoms with Crippen molar-refractivity contribution in [2.45, 2.75) is 6.92 Å². The van der Waals surface area contributed by atoms with Crippen LogP contribution in [-0.4, -0.2) is 36.9 Å². The van der Waals surface area contributed by atoms with Gasteiger partial charge in [-0.3, -0.25) is 0 Å². The van der Waals surface area contributed by atoms with Crippen molar-refractivity contribution in [1.29, 1.82) is 0 Å². The molecule has 1 heterocycles. The van der Waals surface area contributed by atoms with Gasteiger partial charge < -0.3 is 19.3 Å². The second-order valence-electron chi connectivity index (χ2n) is 5.95. The number of aromatic nitrogens is 1. The lowest BCUT2D eigenvalue weighted by molar-refractivity contribution is 0.0526. The van der Waals surface area contributed by atoms with E-state index in [0.29, 0.717) is 23.7 Å². The summed E-state index contributed by atoms with van der Waals surface area (Å²) in [5.74, 6) is 0.329. The van der Waals surface area contributed by atoms with Gasteiger partial charge in [0.05, 0.1) is 36.6 Å². The van der Waals surface area contributed by atoms with Gasteiger partial charge in [-0.1, -0.05) is 18.2 Å². The highest BCUT2D eigenvalue weighted by molar-refractivity contribution is 7.19. The number of phenolic OH excluding ortho intramolecular Hbond substituents is 1. The number of thiazole rings is 1. The number of esters is 1. The first kappa shape index (κ1) is 20.4. The Hall–Kier alpha value is -3.32. The van der Waals surface area contributed by atoms with Crippen LogP contribution < -0.4 is 9.47 Å². The molecule has 1 N–H and O–H groups in total. The summed E-state index contributed by atoms with van der Waals surface area (Å²) >= 11 is 1.49. The normalized spacial score (nSPS) is 11.4. The number of aromatic hydroxyl groups is 1. The third-order valence-corrected chi connectivity index (χ3v) is 5.04. The van der Waals surface area contributed by atoms with Crippen molar-refractivity contribution in [1.82, 2.24) is 4.98 Å². The number of allylic oxidation sites excluding steroid dienone is 2. The summed E-state index contributed by atoms with van der Waals surface area (Å²) in [5, 5.41) is 10.8. The molecule has 1 aromatic heterocycles. The molecule has 0 atom stereocenters. The average Bonchev–Trinajstić information content (AvgIpc) is 3.14. The topological polar surface area (TPSA) is 77.9 Å². The van der Waals surface area contributed by atoms with Crippen LogP contribution in [-0.2, 0) is 4.74 Å². The first-order valence-electron chi connectivity index (χ1n) is 8.93. The molecule has 0 amide bonds. The van der Waals surface area contributed by atoms with Crippen LogP contribution in [0.3, 0.4) is 0 Å². The largest absolute Gasteiger partial charge is 0.502 e. The number of fused-ring (bicyclic) bond motifs is 1. The zero-order chi connectivity index (χ0) is 20.8. The number of nitrogens with zero attached hydrogens (tertiary/aromatic N) is 1. The van der Waals surface area contributed by atoms with Crippen molar-refractivity contribution < 1.29 is 24.1 Å². The lowest BCUT2D eigenvalue weighted by Crippen LogP contribution is -2.03. The van der Waals surface area contributed by atoms with Gasteiger partial charge >= 0.3 is 5.97 Å². The maximum atomic E-state index is 11.9. The van der Waals surface area contributed by atoms with Crippen LogP contribution in [0.15, 0.2) is 42.5 Å². The van der Waals surface area contributed by atoms with Crippen LogP contribution in [0.4, 0.5) is 0 Å². The van der Waals surface area contributed by atoms with Crippen molar-refractivity contribution in [2.75, 3.05) is 20.8 Å². The van der Waals surface area contributed by atoms with Gasteiger partial charge in [-0.15, -0.1) is 11.3 Å². The maximum absolute atomic E-state index is 11.9. The fourth-order valence-electron chi connectivity index (χ4n) is 2.67. The van der Waals surface area contributed by atoms with E-state index in [1.807, 2.05) is 30.4 Å². The van der Waals surface area contributed by atoms with Gasteiger partial charge in [0.15, 0.2) is 11.5 Å². The molecular weight excluding hydrogens is 390 g/mol. The number of carbonyl (C=O) groups excluding carboxylic acids is 1. The number of methoxy groups -OCH3 is 2. The van der Waals surface area contributed by atoms with E-state index in [2.05, 4.69) is 4.98 Å². The minimum Gasteiger partial charge on any atom is -0.502 e. The second-order valence-corrected chi connectivity index (χ2v) is 7.01. The van der Waals surface area contributed by atoms with Crippen molar-refractivity contribution in [3.63, 3.8) is 0 Å². The molecule has 3 rings (SSSR count). The highest BCUT2D eigenvalue weighted by Gasteiger charge is 2.10. The summed E-state index contributed by atoms with van der Waals surface area (Å²) in [7, 11) is 2.98. The van der Waals surface area contributed by atoms with E-state index >= 15 is 0 Å². The Kier molecular flexibility index (Phi) is 6.51. The Balaban J connectivity index is 1.76. The van der Waals surface area contributed by atoms with Gasteiger partial charge in [-0.2, -0.15) is 0 Å². The molecule has 150 valence electrons. The van der Waals surface area contributed by atoms with Gasteiger partial charge in [-0.05, 0) is 48.9 Å². The van der Waals surface area contributed by atoms with Crippen molar-refractivity contribution in [2.24, 2.45) is 0 Å². The molecule has 7 heteroatoms.